The second-order valence-corrected chi connectivity index (χ2v) is 7.10. The van der Waals surface area contributed by atoms with Crippen molar-refractivity contribution in [3.05, 3.63) is 53.3 Å². The fourth-order valence-corrected chi connectivity index (χ4v) is 3.49. The van der Waals surface area contributed by atoms with Crippen LogP contribution in [0.4, 0.5) is 5.69 Å². The van der Waals surface area contributed by atoms with Gasteiger partial charge in [0.05, 0.1) is 17.6 Å². The number of anilines is 1. The van der Waals surface area contributed by atoms with Crippen LogP contribution in [0.25, 0.3) is 11.0 Å². The van der Waals surface area contributed by atoms with E-state index in [1.54, 1.807) is 0 Å². The average Bonchev–Trinajstić information content (AvgIpc) is 2.97. The molecule has 1 aliphatic rings. The van der Waals surface area contributed by atoms with E-state index in [1.165, 1.54) is 0 Å². The smallest absolute Gasteiger partial charge is 0.128 e. The predicted octanol–water partition coefficient (Wildman–Crippen LogP) is 3.97. The molecule has 2 heterocycles. The van der Waals surface area contributed by atoms with Crippen LogP contribution in [0, 0.1) is 0 Å². The summed E-state index contributed by atoms with van der Waals surface area (Å²) in [5.41, 5.74) is 3.05. The molecule has 0 aliphatic carbocycles. The largest absolute Gasteiger partial charge is 0.490 e. The van der Waals surface area contributed by atoms with Gasteiger partial charge in [-0.3, -0.25) is 0 Å². The Labute approximate surface area is 158 Å². The lowest BCUT2D eigenvalue weighted by molar-refractivity contribution is 0.162. The van der Waals surface area contributed by atoms with E-state index in [9.17, 15) is 0 Å². The van der Waals surface area contributed by atoms with Gasteiger partial charge in [0.25, 0.3) is 0 Å². The minimum absolute atomic E-state index is 0.321. The molecule has 0 bridgehead atoms. The van der Waals surface area contributed by atoms with Crippen molar-refractivity contribution in [2.45, 2.75) is 25.5 Å². The van der Waals surface area contributed by atoms with E-state index >= 15 is 0 Å². The van der Waals surface area contributed by atoms with Gasteiger partial charge in [-0.2, -0.15) is 0 Å². The van der Waals surface area contributed by atoms with E-state index in [2.05, 4.69) is 32.3 Å². The summed E-state index contributed by atoms with van der Waals surface area (Å²) in [6.07, 6.45) is 2.45. The molecule has 0 spiro atoms. The molecule has 0 saturated carbocycles. The molecule has 4 rings (SSSR count). The molecule has 6 heteroatoms. The zero-order chi connectivity index (χ0) is 17.9. The molecule has 1 aromatic heterocycles. The Kier molecular flexibility index (Phi) is 5.00. The monoisotopic (exact) mass is 370 g/mol. The normalized spacial score (nSPS) is 15.3. The molecule has 2 aromatic carbocycles. The van der Waals surface area contributed by atoms with Gasteiger partial charge in [-0.25, -0.2) is 4.98 Å². The molecule has 136 valence electrons. The van der Waals surface area contributed by atoms with Gasteiger partial charge in [-0.15, -0.1) is 0 Å². The summed E-state index contributed by atoms with van der Waals surface area (Å²) in [5, 5.41) is 7.49. The summed E-state index contributed by atoms with van der Waals surface area (Å²) in [5.74, 6) is 1.90. The van der Waals surface area contributed by atoms with E-state index in [4.69, 9.17) is 16.3 Å². The zero-order valence-corrected chi connectivity index (χ0v) is 15.6. The van der Waals surface area contributed by atoms with Crippen molar-refractivity contribution in [2.24, 2.45) is 7.05 Å². The molecule has 2 N–H and O–H groups in total. The molecule has 5 nitrogen and oxygen atoms in total. The number of benzene rings is 2. The Balaban J connectivity index is 1.39. The number of fused-ring (bicyclic) bond motifs is 1. The van der Waals surface area contributed by atoms with E-state index in [1.807, 2.05) is 37.4 Å². The van der Waals surface area contributed by atoms with Gasteiger partial charge in [0.1, 0.15) is 17.7 Å². The van der Waals surface area contributed by atoms with E-state index in [0.717, 1.165) is 54.2 Å². The van der Waals surface area contributed by atoms with E-state index < -0.39 is 0 Å². The maximum atomic E-state index is 6.06. The third-order valence-electron chi connectivity index (χ3n) is 4.83. The van der Waals surface area contributed by atoms with Crippen molar-refractivity contribution in [3.63, 3.8) is 0 Å². The highest BCUT2D eigenvalue weighted by atomic mass is 35.5. The highest BCUT2D eigenvalue weighted by Gasteiger charge is 2.14. The number of hydrogen-bond donors (Lipinski definition) is 2. The number of hydrogen-bond acceptors (Lipinski definition) is 4. The summed E-state index contributed by atoms with van der Waals surface area (Å²) in [6.45, 7) is 2.72. The van der Waals surface area contributed by atoms with E-state index in [-0.39, 0.29) is 0 Å². The Bertz CT molecular complexity index is 885. The third-order valence-corrected chi connectivity index (χ3v) is 5.06. The van der Waals surface area contributed by atoms with Crippen molar-refractivity contribution in [3.8, 4) is 5.75 Å². The number of halogens is 1. The maximum absolute atomic E-state index is 6.06. The number of piperidine rings is 1. The lowest BCUT2D eigenvalue weighted by Crippen LogP contribution is -2.34. The maximum Gasteiger partial charge on any atom is 0.128 e. The van der Waals surface area contributed by atoms with Crippen LogP contribution in [0.2, 0.25) is 5.02 Å². The van der Waals surface area contributed by atoms with Crippen LogP contribution in [0.5, 0.6) is 5.75 Å². The van der Waals surface area contributed by atoms with Crippen LogP contribution >= 0.6 is 11.6 Å². The SMILES string of the molecule is Cn1c(CNc2ccc(OC3CCNCC3)cc2)nc2cc(Cl)ccc21. The molecule has 0 amide bonds. The highest BCUT2D eigenvalue weighted by molar-refractivity contribution is 6.31. The minimum Gasteiger partial charge on any atom is -0.490 e. The summed E-state index contributed by atoms with van der Waals surface area (Å²) >= 11 is 6.06. The first-order chi connectivity index (χ1) is 12.7. The number of imidazole rings is 1. The summed E-state index contributed by atoms with van der Waals surface area (Å²) in [4.78, 5) is 4.67. The van der Waals surface area contributed by atoms with Crippen molar-refractivity contribution in [1.82, 2.24) is 14.9 Å². The molecule has 3 aromatic rings. The van der Waals surface area contributed by atoms with E-state index in [0.29, 0.717) is 17.7 Å². The molecule has 0 unspecified atom stereocenters. The van der Waals surface area contributed by atoms with Gasteiger partial charge in [0.2, 0.25) is 0 Å². The van der Waals surface area contributed by atoms with Crippen molar-refractivity contribution in [1.29, 1.82) is 0 Å². The van der Waals surface area contributed by atoms with Crippen LogP contribution < -0.4 is 15.4 Å². The topological polar surface area (TPSA) is 51.1 Å². The molecular weight excluding hydrogens is 348 g/mol. The zero-order valence-electron chi connectivity index (χ0n) is 14.8. The fraction of sp³-hybridized carbons (Fsp3) is 0.350. The Hall–Kier alpha value is -2.24. The number of aryl methyl sites for hydroxylation is 1. The summed E-state index contributed by atoms with van der Waals surface area (Å²) in [6, 6.07) is 13.9. The van der Waals surface area contributed by atoms with Crippen LogP contribution in [-0.2, 0) is 13.6 Å². The van der Waals surface area contributed by atoms with Crippen molar-refractivity contribution < 1.29 is 4.74 Å². The fourth-order valence-electron chi connectivity index (χ4n) is 3.32. The first kappa shape index (κ1) is 17.2. The van der Waals surface area contributed by atoms with Crippen LogP contribution in [-0.4, -0.2) is 28.7 Å². The number of aromatic nitrogens is 2. The molecule has 1 aliphatic heterocycles. The number of nitrogens with zero attached hydrogens (tertiary/aromatic N) is 2. The van der Waals surface area contributed by atoms with Gasteiger partial charge in [0.15, 0.2) is 0 Å². The van der Waals surface area contributed by atoms with Crippen LogP contribution in [0.15, 0.2) is 42.5 Å². The number of ether oxygens (including phenoxy) is 1. The Morgan fingerprint density at radius 2 is 1.96 bits per heavy atom. The molecule has 0 radical (unpaired) electrons. The van der Waals surface area contributed by atoms with Crippen LogP contribution in [0.1, 0.15) is 18.7 Å². The average molecular weight is 371 g/mol. The molecule has 1 saturated heterocycles. The summed E-state index contributed by atoms with van der Waals surface area (Å²) < 4.78 is 8.14. The van der Waals surface area contributed by atoms with Gasteiger partial charge >= 0.3 is 0 Å². The molecular formula is C20H23ClN4O. The number of rotatable bonds is 5. The first-order valence-corrected chi connectivity index (χ1v) is 9.39. The molecule has 1 fully saturated rings. The van der Waals surface area contributed by atoms with Gasteiger partial charge in [0, 0.05) is 17.8 Å². The lowest BCUT2D eigenvalue weighted by Gasteiger charge is -2.23. The standard InChI is InChI=1S/C20H23ClN4O/c1-25-19-7-2-14(21)12-18(19)24-20(25)13-23-15-3-5-16(6-4-15)26-17-8-10-22-11-9-17/h2-7,12,17,22-23H,8-11,13H2,1H3. The number of nitrogens with one attached hydrogen (secondary N) is 2. The van der Waals surface area contributed by atoms with Crippen molar-refractivity contribution in [2.75, 3.05) is 18.4 Å². The second-order valence-electron chi connectivity index (χ2n) is 6.67. The quantitative estimate of drug-likeness (QED) is 0.713. The Morgan fingerprint density at radius 3 is 2.73 bits per heavy atom. The minimum atomic E-state index is 0.321. The van der Waals surface area contributed by atoms with Gasteiger partial charge in [-0.05, 0) is 68.4 Å². The van der Waals surface area contributed by atoms with Gasteiger partial charge in [-0.1, -0.05) is 11.6 Å². The predicted molar refractivity (Wildman–Crippen MR) is 106 cm³/mol. The Morgan fingerprint density at radius 1 is 1.19 bits per heavy atom. The summed E-state index contributed by atoms with van der Waals surface area (Å²) in [7, 11) is 2.02. The van der Waals surface area contributed by atoms with Crippen LogP contribution in [0.3, 0.4) is 0 Å². The first-order valence-electron chi connectivity index (χ1n) is 9.01. The van der Waals surface area contributed by atoms with Gasteiger partial charge < -0.3 is 19.9 Å². The lowest BCUT2D eigenvalue weighted by atomic mass is 10.1. The molecule has 26 heavy (non-hydrogen) atoms. The molecule has 0 atom stereocenters. The van der Waals surface area contributed by atoms with Crippen molar-refractivity contribution >= 4 is 28.3 Å². The third kappa shape index (κ3) is 3.79. The highest BCUT2D eigenvalue weighted by Crippen LogP contribution is 2.22. The second kappa shape index (κ2) is 7.56.